The predicted molar refractivity (Wildman–Crippen MR) is 77.2 cm³/mol. The minimum absolute atomic E-state index is 0.0692. The van der Waals surface area contributed by atoms with Crippen molar-refractivity contribution in [3.63, 3.8) is 0 Å². The zero-order chi connectivity index (χ0) is 13.1. The van der Waals surface area contributed by atoms with Gasteiger partial charge in [-0.15, -0.1) is 0 Å². The summed E-state index contributed by atoms with van der Waals surface area (Å²) in [5.41, 5.74) is 6.19. The number of nitrogens with two attached hydrogens (primary N) is 1. The van der Waals surface area contributed by atoms with Gasteiger partial charge in [-0.05, 0) is 59.3 Å². The van der Waals surface area contributed by atoms with Gasteiger partial charge < -0.3 is 10.5 Å². The summed E-state index contributed by atoms with van der Waals surface area (Å²) in [6.07, 6.45) is 5.15. The first-order valence-electron chi connectivity index (χ1n) is 6.37. The van der Waals surface area contributed by atoms with E-state index in [2.05, 4.69) is 22.9 Å². The Morgan fingerprint density at radius 1 is 1.44 bits per heavy atom. The number of hydrogen-bond acceptors (Lipinski definition) is 2. The average Bonchev–Trinajstić information content (AvgIpc) is 2.28. The number of nitrogens with one attached hydrogen (secondary N) is 1. The minimum Gasteiger partial charge on any atom is -0.490 e. The highest BCUT2D eigenvalue weighted by Crippen LogP contribution is 2.29. The smallest absolute Gasteiger partial charge is 0.123 e. The van der Waals surface area contributed by atoms with Gasteiger partial charge in [0, 0.05) is 10.0 Å². The number of hydrogen-bond donors (Lipinski definition) is 2. The molecule has 1 aromatic carbocycles. The molecule has 0 aromatic heterocycles. The van der Waals surface area contributed by atoms with Crippen molar-refractivity contribution in [1.82, 2.24) is 0 Å². The molecule has 1 fully saturated rings. The Labute approximate surface area is 116 Å². The van der Waals surface area contributed by atoms with Crippen LogP contribution in [0.15, 0.2) is 22.7 Å². The number of rotatable bonds is 3. The summed E-state index contributed by atoms with van der Waals surface area (Å²) < 4.78 is 6.82. The number of halogens is 1. The van der Waals surface area contributed by atoms with Gasteiger partial charge in [0.05, 0.1) is 6.10 Å². The zero-order valence-electron chi connectivity index (χ0n) is 10.6. The maximum absolute atomic E-state index is 7.43. The van der Waals surface area contributed by atoms with Gasteiger partial charge in [0.15, 0.2) is 0 Å². The maximum atomic E-state index is 7.43. The van der Waals surface area contributed by atoms with Crippen molar-refractivity contribution in [2.45, 2.75) is 38.7 Å². The fourth-order valence-corrected chi connectivity index (χ4v) is 3.04. The molecule has 1 aliphatic rings. The molecule has 2 rings (SSSR count). The fraction of sp³-hybridized carbons (Fsp3) is 0.500. The molecule has 3 nitrogen and oxygen atoms in total. The molecule has 2 atom stereocenters. The third-order valence-electron chi connectivity index (χ3n) is 3.42. The Morgan fingerprint density at radius 2 is 2.22 bits per heavy atom. The molecule has 1 saturated carbocycles. The molecule has 0 radical (unpaired) electrons. The highest BCUT2D eigenvalue weighted by atomic mass is 79.9. The van der Waals surface area contributed by atoms with Gasteiger partial charge in [-0.1, -0.05) is 13.3 Å². The summed E-state index contributed by atoms with van der Waals surface area (Å²) in [4.78, 5) is 0. The monoisotopic (exact) mass is 310 g/mol. The molecule has 3 N–H and O–H groups in total. The van der Waals surface area contributed by atoms with Crippen LogP contribution < -0.4 is 10.5 Å². The van der Waals surface area contributed by atoms with E-state index in [1.54, 1.807) is 0 Å². The lowest BCUT2D eigenvalue weighted by Crippen LogP contribution is -2.24. The van der Waals surface area contributed by atoms with Crippen molar-refractivity contribution in [1.29, 1.82) is 5.41 Å². The predicted octanol–water partition coefficient (Wildman–Crippen LogP) is 3.69. The lowest BCUT2D eigenvalue weighted by molar-refractivity contribution is 0.129. The molecule has 0 spiro atoms. The van der Waals surface area contributed by atoms with Crippen molar-refractivity contribution in [2.24, 2.45) is 11.7 Å². The fourth-order valence-electron chi connectivity index (χ4n) is 2.47. The second-order valence-corrected chi connectivity index (χ2v) is 5.92. The topological polar surface area (TPSA) is 59.1 Å². The van der Waals surface area contributed by atoms with Crippen LogP contribution in [0, 0.1) is 11.3 Å². The van der Waals surface area contributed by atoms with E-state index in [1.807, 2.05) is 18.2 Å². The molecule has 1 aliphatic carbocycles. The zero-order valence-corrected chi connectivity index (χ0v) is 12.2. The molecule has 0 heterocycles. The summed E-state index contributed by atoms with van der Waals surface area (Å²) in [5, 5.41) is 7.43. The van der Waals surface area contributed by atoms with E-state index in [0.29, 0.717) is 11.7 Å². The highest BCUT2D eigenvalue weighted by molar-refractivity contribution is 9.10. The second kappa shape index (κ2) is 5.74. The average molecular weight is 311 g/mol. The van der Waals surface area contributed by atoms with Gasteiger partial charge in [0.2, 0.25) is 0 Å². The van der Waals surface area contributed by atoms with Crippen LogP contribution in [-0.4, -0.2) is 11.9 Å². The van der Waals surface area contributed by atoms with Gasteiger partial charge >= 0.3 is 0 Å². The number of benzene rings is 1. The summed E-state index contributed by atoms with van der Waals surface area (Å²) in [5.74, 6) is 1.68. The Morgan fingerprint density at radius 3 is 2.83 bits per heavy atom. The van der Waals surface area contributed by atoms with Gasteiger partial charge in [0.1, 0.15) is 11.6 Å². The normalized spacial score (nSPS) is 23.7. The summed E-state index contributed by atoms with van der Waals surface area (Å²) in [7, 11) is 0. The molecule has 1 aromatic rings. The second-order valence-electron chi connectivity index (χ2n) is 5.07. The largest absolute Gasteiger partial charge is 0.490 e. The van der Waals surface area contributed by atoms with Crippen LogP contribution in [0.1, 0.15) is 38.2 Å². The van der Waals surface area contributed by atoms with Gasteiger partial charge in [-0.25, -0.2) is 0 Å². The van der Waals surface area contributed by atoms with Crippen LogP contribution >= 0.6 is 15.9 Å². The Kier molecular flexibility index (Phi) is 4.27. The van der Waals surface area contributed by atoms with Crippen LogP contribution in [0.2, 0.25) is 0 Å². The molecule has 0 amide bonds. The first-order chi connectivity index (χ1) is 8.56. The summed E-state index contributed by atoms with van der Waals surface area (Å²) in [6.45, 7) is 2.28. The van der Waals surface area contributed by atoms with Gasteiger partial charge in [-0.3, -0.25) is 5.41 Å². The number of ether oxygens (including phenoxy) is 1. The first kappa shape index (κ1) is 13.4. The molecule has 4 heteroatoms. The quantitative estimate of drug-likeness (QED) is 0.660. The van der Waals surface area contributed by atoms with Crippen LogP contribution in [0.5, 0.6) is 5.75 Å². The van der Waals surface area contributed by atoms with E-state index in [-0.39, 0.29) is 5.84 Å². The van der Waals surface area contributed by atoms with Crippen molar-refractivity contribution < 1.29 is 4.74 Å². The molecule has 0 saturated heterocycles. The number of nitrogen functional groups attached to an aromatic ring is 1. The third-order valence-corrected chi connectivity index (χ3v) is 4.08. The van der Waals surface area contributed by atoms with Crippen molar-refractivity contribution in [2.75, 3.05) is 0 Å². The van der Waals surface area contributed by atoms with Crippen LogP contribution in [0.25, 0.3) is 0 Å². The number of amidine groups is 1. The highest BCUT2D eigenvalue weighted by Gasteiger charge is 2.20. The molecule has 2 unspecified atom stereocenters. The van der Waals surface area contributed by atoms with Crippen LogP contribution in [-0.2, 0) is 0 Å². The first-order valence-corrected chi connectivity index (χ1v) is 7.16. The molecular weight excluding hydrogens is 292 g/mol. The molecule has 18 heavy (non-hydrogen) atoms. The lowest BCUT2D eigenvalue weighted by atomic mass is 9.89. The van der Waals surface area contributed by atoms with Crippen LogP contribution in [0.4, 0.5) is 0 Å². The Balaban J connectivity index is 2.05. The molecule has 0 aliphatic heterocycles. The van der Waals surface area contributed by atoms with Crippen molar-refractivity contribution >= 4 is 21.8 Å². The Hall–Kier alpha value is -1.03. The molecule has 98 valence electrons. The van der Waals surface area contributed by atoms with E-state index in [1.165, 1.54) is 12.8 Å². The molecule has 0 bridgehead atoms. The van der Waals surface area contributed by atoms with Crippen molar-refractivity contribution in [3.8, 4) is 5.75 Å². The van der Waals surface area contributed by atoms with E-state index in [4.69, 9.17) is 15.9 Å². The maximum Gasteiger partial charge on any atom is 0.123 e. The van der Waals surface area contributed by atoms with E-state index in [9.17, 15) is 0 Å². The summed E-state index contributed by atoms with van der Waals surface area (Å²) in [6, 6.07) is 5.62. The SMILES string of the molecule is CC1CCCC(Oc2ccc(C(=N)N)c(Br)c2)C1. The van der Waals surface area contributed by atoms with Crippen molar-refractivity contribution in [3.05, 3.63) is 28.2 Å². The van der Waals surface area contributed by atoms with E-state index in [0.717, 1.165) is 29.0 Å². The Bertz CT molecular complexity index is 447. The van der Waals surface area contributed by atoms with Gasteiger partial charge in [-0.2, -0.15) is 0 Å². The lowest BCUT2D eigenvalue weighted by Gasteiger charge is -2.27. The summed E-state index contributed by atoms with van der Waals surface area (Å²) >= 11 is 3.42. The van der Waals surface area contributed by atoms with E-state index < -0.39 is 0 Å². The third kappa shape index (κ3) is 3.25. The minimum atomic E-state index is 0.0692. The standard InChI is InChI=1S/C14H19BrN2O/c1-9-3-2-4-10(7-9)18-11-5-6-12(14(16)17)13(15)8-11/h5-6,8-10H,2-4,7H2,1H3,(H3,16,17). The van der Waals surface area contributed by atoms with E-state index >= 15 is 0 Å². The molecular formula is C14H19BrN2O. The van der Waals surface area contributed by atoms with Gasteiger partial charge in [0.25, 0.3) is 0 Å². The van der Waals surface area contributed by atoms with Crippen LogP contribution in [0.3, 0.4) is 0 Å².